The van der Waals surface area contributed by atoms with Gasteiger partial charge in [-0.3, -0.25) is 4.90 Å². The van der Waals surface area contributed by atoms with Gasteiger partial charge in [0.1, 0.15) is 0 Å². The molecule has 0 spiro atoms. The van der Waals surface area contributed by atoms with Gasteiger partial charge in [0.2, 0.25) is 0 Å². The molecule has 1 aliphatic heterocycles. The molecular weight excluding hydrogens is 162 g/mol. The summed E-state index contributed by atoms with van der Waals surface area (Å²) in [6, 6.07) is 1.49. The lowest BCUT2D eigenvalue weighted by Crippen LogP contribution is -2.43. The van der Waals surface area contributed by atoms with Crippen molar-refractivity contribution in [3.63, 3.8) is 0 Å². The summed E-state index contributed by atoms with van der Waals surface area (Å²) in [5.74, 6) is 0. The molecule has 3 unspecified atom stereocenters. The van der Waals surface area contributed by atoms with Crippen molar-refractivity contribution in [3.05, 3.63) is 12.2 Å². The first-order chi connectivity index (χ1) is 6.45. The molecule has 0 aromatic heterocycles. The van der Waals surface area contributed by atoms with Crippen molar-refractivity contribution in [1.29, 1.82) is 0 Å². The van der Waals surface area contributed by atoms with E-state index in [1.54, 1.807) is 0 Å². The third kappa shape index (κ3) is 1.42. The largest absolute Gasteiger partial charge is 0.375 e. The van der Waals surface area contributed by atoms with Crippen LogP contribution in [0.5, 0.6) is 0 Å². The predicted octanol–water partition coefficient (Wildman–Crippen LogP) is 1.57. The molecule has 1 heterocycles. The first-order valence-corrected chi connectivity index (χ1v) is 5.49. The highest BCUT2D eigenvalue weighted by Crippen LogP contribution is 2.37. The van der Waals surface area contributed by atoms with Crippen molar-refractivity contribution >= 4 is 0 Å². The number of hydrogen-bond donors (Lipinski definition) is 0. The third-order valence-corrected chi connectivity index (χ3v) is 3.46. The van der Waals surface area contributed by atoms with Crippen molar-refractivity contribution in [2.24, 2.45) is 0 Å². The smallest absolute Gasteiger partial charge is 0.0748 e. The number of rotatable bonds is 1. The van der Waals surface area contributed by atoms with E-state index in [1.807, 2.05) is 0 Å². The Morgan fingerprint density at radius 3 is 3.23 bits per heavy atom. The minimum Gasteiger partial charge on any atom is -0.375 e. The molecule has 0 bridgehead atoms. The van der Waals surface area contributed by atoms with E-state index in [0.29, 0.717) is 6.10 Å². The van der Waals surface area contributed by atoms with Crippen LogP contribution in [0, 0.1) is 0 Å². The molecule has 0 amide bonds. The molecule has 2 nitrogen and oxygen atoms in total. The standard InChI is InChI=1S/C11H17NO/c1-2-4-9(5-3-1)12-6-7-13-11-8-10(11)12/h2,4,9-11H,1,3,5-8H2. The maximum Gasteiger partial charge on any atom is 0.0748 e. The van der Waals surface area contributed by atoms with Gasteiger partial charge in [-0.1, -0.05) is 12.2 Å². The first-order valence-electron chi connectivity index (χ1n) is 5.49. The quantitative estimate of drug-likeness (QED) is 0.566. The Kier molecular flexibility index (Phi) is 1.91. The zero-order valence-corrected chi connectivity index (χ0v) is 7.98. The molecule has 2 heteroatoms. The van der Waals surface area contributed by atoms with Crippen LogP contribution in [-0.4, -0.2) is 36.2 Å². The summed E-state index contributed by atoms with van der Waals surface area (Å²) in [4.78, 5) is 2.66. The molecule has 13 heavy (non-hydrogen) atoms. The summed E-state index contributed by atoms with van der Waals surface area (Å²) in [6.45, 7) is 2.10. The Labute approximate surface area is 79.6 Å². The molecule has 72 valence electrons. The van der Waals surface area contributed by atoms with Crippen molar-refractivity contribution in [3.8, 4) is 0 Å². The fourth-order valence-corrected chi connectivity index (χ4v) is 2.65. The Balaban J connectivity index is 1.69. The lowest BCUT2D eigenvalue weighted by Gasteiger charge is -2.34. The maximum absolute atomic E-state index is 5.61. The Bertz CT molecular complexity index is 226. The fourth-order valence-electron chi connectivity index (χ4n) is 2.65. The van der Waals surface area contributed by atoms with E-state index < -0.39 is 0 Å². The molecule has 0 N–H and O–H groups in total. The van der Waals surface area contributed by atoms with Gasteiger partial charge >= 0.3 is 0 Å². The van der Waals surface area contributed by atoms with E-state index in [4.69, 9.17) is 4.74 Å². The monoisotopic (exact) mass is 179 g/mol. The summed E-state index contributed by atoms with van der Waals surface area (Å²) < 4.78 is 5.61. The number of allylic oxidation sites excluding steroid dienone is 1. The van der Waals surface area contributed by atoms with Gasteiger partial charge in [-0.25, -0.2) is 0 Å². The highest BCUT2D eigenvalue weighted by Gasteiger charge is 2.47. The van der Waals surface area contributed by atoms with Gasteiger partial charge < -0.3 is 4.74 Å². The zero-order valence-electron chi connectivity index (χ0n) is 7.98. The molecule has 1 saturated carbocycles. The highest BCUT2D eigenvalue weighted by molar-refractivity contribution is 5.07. The van der Waals surface area contributed by atoms with Crippen LogP contribution in [0.25, 0.3) is 0 Å². The number of hydrogen-bond acceptors (Lipinski definition) is 2. The molecule has 1 saturated heterocycles. The number of morpholine rings is 1. The van der Waals surface area contributed by atoms with Crippen LogP contribution >= 0.6 is 0 Å². The van der Waals surface area contributed by atoms with E-state index in [1.165, 1.54) is 25.7 Å². The van der Waals surface area contributed by atoms with Crippen LogP contribution in [0.4, 0.5) is 0 Å². The van der Waals surface area contributed by atoms with E-state index >= 15 is 0 Å². The summed E-state index contributed by atoms with van der Waals surface area (Å²) in [7, 11) is 0. The highest BCUT2D eigenvalue weighted by atomic mass is 16.5. The van der Waals surface area contributed by atoms with Crippen molar-refractivity contribution in [2.45, 2.75) is 43.9 Å². The predicted molar refractivity (Wildman–Crippen MR) is 51.6 cm³/mol. The summed E-state index contributed by atoms with van der Waals surface area (Å²) in [5.41, 5.74) is 0. The summed E-state index contributed by atoms with van der Waals surface area (Å²) >= 11 is 0. The lowest BCUT2D eigenvalue weighted by atomic mass is 10.0. The molecule has 0 aromatic rings. The van der Waals surface area contributed by atoms with Gasteiger partial charge in [0.25, 0.3) is 0 Å². The fraction of sp³-hybridized carbons (Fsp3) is 0.818. The summed E-state index contributed by atoms with van der Waals surface area (Å²) in [6.07, 6.45) is 10.6. The van der Waals surface area contributed by atoms with Crippen LogP contribution in [0.2, 0.25) is 0 Å². The SMILES string of the molecule is C1=CC(N2CCOC3CC32)CCC1. The number of nitrogens with zero attached hydrogens (tertiary/aromatic N) is 1. The Hall–Kier alpha value is -0.340. The second-order valence-corrected chi connectivity index (χ2v) is 4.38. The zero-order chi connectivity index (χ0) is 8.67. The Morgan fingerprint density at radius 2 is 2.38 bits per heavy atom. The molecule has 0 aromatic carbocycles. The van der Waals surface area contributed by atoms with Crippen molar-refractivity contribution < 1.29 is 4.74 Å². The average molecular weight is 179 g/mol. The molecule has 0 radical (unpaired) electrons. The molecule has 3 atom stereocenters. The van der Waals surface area contributed by atoms with Crippen LogP contribution < -0.4 is 0 Å². The molecule has 2 fully saturated rings. The van der Waals surface area contributed by atoms with Crippen molar-refractivity contribution in [2.75, 3.05) is 13.2 Å². The first kappa shape index (κ1) is 8.01. The average Bonchev–Trinajstić information content (AvgIpc) is 2.97. The molecule has 3 aliphatic rings. The van der Waals surface area contributed by atoms with E-state index in [0.717, 1.165) is 25.2 Å². The minimum absolute atomic E-state index is 0.587. The normalized spacial score (nSPS) is 44.5. The van der Waals surface area contributed by atoms with Crippen LogP contribution in [-0.2, 0) is 4.74 Å². The third-order valence-electron chi connectivity index (χ3n) is 3.46. The molecular formula is C11H17NO. The summed E-state index contributed by atoms with van der Waals surface area (Å²) in [5, 5.41) is 0. The van der Waals surface area contributed by atoms with Crippen LogP contribution in [0.15, 0.2) is 12.2 Å². The maximum atomic E-state index is 5.61. The van der Waals surface area contributed by atoms with Gasteiger partial charge in [-0.15, -0.1) is 0 Å². The van der Waals surface area contributed by atoms with Gasteiger partial charge in [-0.2, -0.15) is 0 Å². The van der Waals surface area contributed by atoms with E-state index in [2.05, 4.69) is 17.1 Å². The number of fused-ring (bicyclic) bond motifs is 1. The van der Waals surface area contributed by atoms with Gasteiger partial charge in [0.05, 0.1) is 12.7 Å². The Morgan fingerprint density at radius 1 is 1.38 bits per heavy atom. The minimum atomic E-state index is 0.587. The van der Waals surface area contributed by atoms with Crippen LogP contribution in [0.3, 0.4) is 0 Å². The number of ether oxygens (including phenoxy) is 1. The van der Waals surface area contributed by atoms with E-state index in [-0.39, 0.29) is 0 Å². The molecule has 2 aliphatic carbocycles. The van der Waals surface area contributed by atoms with Crippen molar-refractivity contribution in [1.82, 2.24) is 4.90 Å². The van der Waals surface area contributed by atoms with Gasteiger partial charge in [0, 0.05) is 18.6 Å². The van der Waals surface area contributed by atoms with E-state index in [9.17, 15) is 0 Å². The molecule has 3 rings (SSSR count). The second kappa shape index (κ2) is 3.10. The van der Waals surface area contributed by atoms with Gasteiger partial charge in [0.15, 0.2) is 0 Å². The second-order valence-electron chi connectivity index (χ2n) is 4.38. The van der Waals surface area contributed by atoms with Gasteiger partial charge in [-0.05, 0) is 25.7 Å². The van der Waals surface area contributed by atoms with Crippen LogP contribution in [0.1, 0.15) is 25.7 Å². The lowest BCUT2D eigenvalue weighted by molar-refractivity contribution is 0.0177. The topological polar surface area (TPSA) is 12.5 Å².